The lowest BCUT2D eigenvalue weighted by atomic mass is 10.2. The van der Waals surface area contributed by atoms with E-state index in [4.69, 9.17) is 11.6 Å². The van der Waals surface area contributed by atoms with Gasteiger partial charge in [-0.15, -0.1) is 0 Å². The van der Waals surface area contributed by atoms with Crippen molar-refractivity contribution in [2.75, 3.05) is 10.6 Å². The lowest BCUT2D eigenvalue weighted by molar-refractivity contribution is 1.09. The first-order chi connectivity index (χ1) is 13.8. The average molecular weight is 386 g/mol. The number of hydrogen-bond acceptors (Lipinski definition) is 5. The lowest BCUT2D eigenvalue weighted by Gasteiger charge is -2.12. The SMILES string of the molecule is Clc1cc(NC2=NCc3cccnc32)ccc1Nc1cnc2ccccc2c1. The normalized spacial score (nSPS) is 12.5. The van der Waals surface area contributed by atoms with E-state index < -0.39 is 0 Å². The predicted octanol–water partition coefficient (Wildman–Crippen LogP) is 5.40. The molecule has 0 spiro atoms. The van der Waals surface area contributed by atoms with Crippen molar-refractivity contribution >= 4 is 45.4 Å². The number of pyridine rings is 2. The van der Waals surface area contributed by atoms with Crippen molar-refractivity contribution in [3.05, 3.63) is 89.3 Å². The molecule has 136 valence electrons. The molecular formula is C22H16ClN5. The van der Waals surface area contributed by atoms with E-state index in [1.807, 2.05) is 54.6 Å². The third kappa shape index (κ3) is 3.17. The highest BCUT2D eigenvalue weighted by molar-refractivity contribution is 6.33. The maximum absolute atomic E-state index is 6.50. The van der Waals surface area contributed by atoms with Gasteiger partial charge in [0.2, 0.25) is 0 Å². The maximum atomic E-state index is 6.50. The molecule has 0 unspecified atom stereocenters. The Morgan fingerprint density at radius 3 is 2.71 bits per heavy atom. The Balaban J connectivity index is 1.36. The Bertz CT molecular complexity index is 1220. The number of amidine groups is 1. The van der Waals surface area contributed by atoms with Crippen molar-refractivity contribution in [1.29, 1.82) is 0 Å². The third-order valence-corrected chi connectivity index (χ3v) is 4.94. The number of nitrogens with zero attached hydrogens (tertiary/aromatic N) is 3. The van der Waals surface area contributed by atoms with Crippen molar-refractivity contribution < 1.29 is 0 Å². The van der Waals surface area contributed by atoms with Gasteiger partial charge in [-0.05, 0) is 36.4 Å². The summed E-state index contributed by atoms with van der Waals surface area (Å²) in [6, 6.07) is 19.8. The Morgan fingerprint density at radius 2 is 1.79 bits per heavy atom. The highest BCUT2D eigenvalue weighted by atomic mass is 35.5. The van der Waals surface area contributed by atoms with Gasteiger partial charge in [0.05, 0.1) is 34.7 Å². The fourth-order valence-corrected chi connectivity index (χ4v) is 3.47. The highest BCUT2D eigenvalue weighted by Gasteiger charge is 2.17. The van der Waals surface area contributed by atoms with Gasteiger partial charge in [-0.1, -0.05) is 35.9 Å². The van der Waals surface area contributed by atoms with Gasteiger partial charge in [-0.2, -0.15) is 0 Å². The summed E-state index contributed by atoms with van der Waals surface area (Å²) >= 11 is 6.50. The van der Waals surface area contributed by atoms with Gasteiger partial charge in [0, 0.05) is 22.8 Å². The van der Waals surface area contributed by atoms with Crippen LogP contribution in [0.3, 0.4) is 0 Å². The minimum atomic E-state index is 0.609. The molecule has 28 heavy (non-hydrogen) atoms. The molecule has 0 radical (unpaired) electrons. The second-order valence-corrected chi connectivity index (χ2v) is 6.94. The summed E-state index contributed by atoms with van der Waals surface area (Å²) in [5, 5.41) is 8.34. The average Bonchev–Trinajstić information content (AvgIpc) is 3.13. The van der Waals surface area contributed by atoms with Crippen LogP contribution in [-0.2, 0) is 6.54 Å². The first-order valence-corrected chi connectivity index (χ1v) is 9.31. The van der Waals surface area contributed by atoms with Gasteiger partial charge < -0.3 is 10.6 Å². The number of anilines is 3. The summed E-state index contributed by atoms with van der Waals surface area (Å²) in [7, 11) is 0. The first kappa shape index (κ1) is 16.7. The zero-order valence-electron chi connectivity index (χ0n) is 14.9. The Kier molecular flexibility index (Phi) is 4.14. The van der Waals surface area contributed by atoms with Crippen molar-refractivity contribution in [3.63, 3.8) is 0 Å². The second kappa shape index (κ2) is 6.94. The monoisotopic (exact) mass is 385 g/mol. The van der Waals surface area contributed by atoms with Gasteiger partial charge >= 0.3 is 0 Å². The maximum Gasteiger partial charge on any atom is 0.152 e. The molecule has 0 aliphatic carbocycles. The zero-order chi connectivity index (χ0) is 18.9. The summed E-state index contributed by atoms with van der Waals surface area (Å²) in [6.07, 6.45) is 3.58. The van der Waals surface area contributed by atoms with Gasteiger partial charge in [-0.25, -0.2) is 0 Å². The van der Waals surface area contributed by atoms with Crippen molar-refractivity contribution in [2.45, 2.75) is 6.54 Å². The molecule has 6 heteroatoms. The molecule has 5 nitrogen and oxygen atoms in total. The number of rotatable bonds is 3. The summed E-state index contributed by atoms with van der Waals surface area (Å²) in [5.41, 5.74) is 5.55. The molecule has 3 heterocycles. The fraction of sp³-hybridized carbons (Fsp3) is 0.0455. The second-order valence-electron chi connectivity index (χ2n) is 6.54. The number of aromatic nitrogens is 2. The predicted molar refractivity (Wildman–Crippen MR) is 115 cm³/mol. The van der Waals surface area contributed by atoms with E-state index in [9.17, 15) is 0 Å². The van der Waals surface area contributed by atoms with Crippen LogP contribution < -0.4 is 10.6 Å². The first-order valence-electron chi connectivity index (χ1n) is 8.93. The Morgan fingerprint density at radius 1 is 0.857 bits per heavy atom. The number of benzene rings is 2. The van der Waals surface area contributed by atoms with E-state index in [1.54, 1.807) is 12.4 Å². The standard InChI is InChI=1S/C22H16ClN5/c23-18-11-16(28-22-21-15(12-26-22)5-3-9-24-21)7-8-20(18)27-17-10-14-4-1-2-6-19(14)25-13-17/h1-11,13,27H,12H2,(H,26,28). The van der Waals surface area contributed by atoms with Crippen LogP contribution in [0.15, 0.2) is 78.0 Å². The van der Waals surface area contributed by atoms with Crippen LogP contribution in [0.4, 0.5) is 17.1 Å². The molecule has 5 rings (SSSR count). The van der Waals surface area contributed by atoms with E-state index in [2.05, 4.69) is 31.7 Å². The fourth-order valence-electron chi connectivity index (χ4n) is 3.24. The smallest absolute Gasteiger partial charge is 0.152 e. The molecule has 1 aliphatic rings. The number of fused-ring (bicyclic) bond motifs is 2. The van der Waals surface area contributed by atoms with Gasteiger partial charge in [0.1, 0.15) is 5.69 Å². The van der Waals surface area contributed by atoms with Gasteiger partial charge in [-0.3, -0.25) is 15.0 Å². The van der Waals surface area contributed by atoms with Crippen LogP contribution in [0.25, 0.3) is 10.9 Å². The molecule has 1 aliphatic heterocycles. The van der Waals surface area contributed by atoms with Crippen LogP contribution in [0, 0.1) is 0 Å². The topological polar surface area (TPSA) is 62.2 Å². The van der Waals surface area contributed by atoms with E-state index in [-0.39, 0.29) is 0 Å². The van der Waals surface area contributed by atoms with Crippen molar-refractivity contribution in [3.8, 4) is 0 Å². The molecule has 0 bridgehead atoms. The minimum absolute atomic E-state index is 0.609. The Hall–Kier alpha value is -3.44. The van der Waals surface area contributed by atoms with E-state index in [0.717, 1.165) is 45.1 Å². The molecule has 0 saturated carbocycles. The van der Waals surface area contributed by atoms with Crippen LogP contribution in [0.2, 0.25) is 5.02 Å². The summed E-state index contributed by atoms with van der Waals surface area (Å²) < 4.78 is 0. The molecule has 0 saturated heterocycles. The highest BCUT2D eigenvalue weighted by Crippen LogP contribution is 2.30. The molecule has 2 aromatic carbocycles. The summed E-state index contributed by atoms with van der Waals surface area (Å²) in [5.74, 6) is 0.770. The molecule has 0 fully saturated rings. The van der Waals surface area contributed by atoms with E-state index >= 15 is 0 Å². The largest absolute Gasteiger partial charge is 0.353 e. The minimum Gasteiger partial charge on any atom is -0.353 e. The molecule has 0 atom stereocenters. The van der Waals surface area contributed by atoms with Crippen LogP contribution in [-0.4, -0.2) is 15.8 Å². The molecule has 2 N–H and O–H groups in total. The number of para-hydroxylation sites is 1. The van der Waals surface area contributed by atoms with Gasteiger partial charge in [0.25, 0.3) is 0 Å². The molecule has 4 aromatic rings. The summed E-state index contributed by atoms with van der Waals surface area (Å²) in [6.45, 7) is 0.647. The number of hydrogen-bond donors (Lipinski definition) is 2. The number of halogens is 1. The van der Waals surface area contributed by atoms with Crippen molar-refractivity contribution in [1.82, 2.24) is 9.97 Å². The van der Waals surface area contributed by atoms with Crippen molar-refractivity contribution in [2.24, 2.45) is 4.99 Å². The Labute approximate surface area is 167 Å². The van der Waals surface area contributed by atoms with E-state index in [0.29, 0.717) is 11.6 Å². The number of aliphatic imine (C=N–C) groups is 1. The number of nitrogens with one attached hydrogen (secondary N) is 2. The van der Waals surface area contributed by atoms with E-state index in [1.165, 1.54) is 0 Å². The molecule has 2 aromatic heterocycles. The zero-order valence-corrected chi connectivity index (χ0v) is 15.6. The van der Waals surface area contributed by atoms with Crippen LogP contribution in [0.1, 0.15) is 11.3 Å². The molecule has 0 amide bonds. The lowest BCUT2D eigenvalue weighted by Crippen LogP contribution is -2.13. The van der Waals surface area contributed by atoms with Crippen LogP contribution >= 0.6 is 11.6 Å². The van der Waals surface area contributed by atoms with Gasteiger partial charge in [0.15, 0.2) is 5.84 Å². The van der Waals surface area contributed by atoms with Crippen LogP contribution in [0.5, 0.6) is 0 Å². The quantitative estimate of drug-likeness (QED) is 0.495. The summed E-state index contributed by atoms with van der Waals surface area (Å²) in [4.78, 5) is 13.4. The third-order valence-electron chi connectivity index (χ3n) is 4.62. The molecular weight excluding hydrogens is 370 g/mol.